The summed E-state index contributed by atoms with van der Waals surface area (Å²) in [5.41, 5.74) is 8.33. The number of aromatic nitrogens is 5. The largest absolute Gasteiger partial charge is 0.367 e. The highest BCUT2D eigenvalue weighted by atomic mass is 32.1. The fourth-order valence-electron chi connectivity index (χ4n) is 4.95. The van der Waals surface area contributed by atoms with Crippen molar-refractivity contribution >= 4 is 43.0 Å². The smallest absolute Gasteiger partial charge is 0.256 e. The molecule has 2 N–H and O–H groups in total. The number of anilines is 1. The van der Waals surface area contributed by atoms with Crippen molar-refractivity contribution in [1.82, 2.24) is 24.1 Å². The van der Waals surface area contributed by atoms with Gasteiger partial charge in [-0.05, 0) is 41.6 Å². The Morgan fingerprint density at radius 3 is 2.51 bits per heavy atom. The molecule has 6 nitrogen and oxygen atoms in total. The van der Waals surface area contributed by atoms with Gasteiger partial charge in [0, 0.05) is 5.56 Å². The number of hydrogen-bond acceptors (Lipinski definition) is 5. The Balaban J connectivity index is 0.000000396. The number of aryl methyl sites for hydroxylation is 1. The quantitative estimate of drug-likeness (QED) is 0.247. The Bertz CT molecular complexity index is 1390. The number of rotatable bonds is 5. The molecule has 0 amide bonds. The summed E-state index contributed by atoms with van der Waals surface area (Å²) < 4.78 is 42.9. The van der Waals surface area contributed by atoms with Gasteiger partial charge in [0.2, 0.25) is 5.95 Å². The molecular formula is C26H32BF3N6S. The van der Waals surface area contributed by atoms with Gasteiger partial charge in [-0.15, -0.1) is 5.10 Å². The molecule has 1 unspecified atom stereocenters. The van der Waals surface area contributed by atoms with Crippen LogP contribution >= 0.6 is 12.6 Å². The number of hydrogen-bond donors (Lipinski definition) is 2. The van der Waals surface area contributed by atoms with Crippen LogP contribution in [0.3, 0.4) is 0 Å². The van der Waals surface area contributed by atoms with E-state index in [0.29, 0.717) is 33.6 Å². The number of nitrogens with zero attached hydrogens (tertiary/aromatic N) is 5. The first-order valence-corrected chi connectivity index (χ1v) is 13.0. The first-order valence-electron chi connectivity index (χ1n) is 12.5. The minimum Gasteiger partial charge on any atom is -0.367 e. The van der Waals surface area contributed by atoms with Crippen molar-refractivity contribution in [3.8, 4) is 11.1 Å². The van der Waals surface area contributed by atoms with E-state index in [1.54, 1.807) is 32.0 Å². The summed E-state index contributed by atoms with van der Waals surface area (Å²) in [6.07, 6.45) is 6.29. The van der Waals surface area contributed by atoms with Gasteiger partial charge >= 0.3 is 0 Å². The van der Waals surface area contributed by atoms with Crippen LogP contribution in [0, 0.1) is 18.7 Å². The Morgan fingerprint density at radius 1 is 1.22 bits per heavy atom. The van der Waals surface area contributed by atoms with Gasteiger partial charge < -0.3 is 10.3 Å². The number of fused-ring (bicyclic) bond motifs is 2. The van der Waals surface area contributed by atoms with Crippen LogP contribution in [0.15, 0.2) is 24.4 Å². The molecule has 4 aromatic rings. The molecule has 1 aliphatic carbocycles. The zero-order valence-corrected chi connectivity index (χ0v) is 22.3. The van der Waals surface area contributed by atoms with Crippen molar-refractivity contribution in [1.29, 1.82) is 0 Å². The van der Waals surface area contributed by atoms with Crippen molar-refractivity contribution in [3.63, 3.8) is 0 Å². The number of thiol groups is 1. The van der Waals surface area contributed by atoms with Gasteiger partial charge in [0.15, 0.2) is 5.82 Å². The second-order valence-electron chi connectivity index (χ2n) is 10.2. The Morgan fingerprint density at radius 2 is 1.92 bits per heavy atom. The number of benzene rings is 1. The van der Waals surface area contributed by atoms with Crippen molar-refractivity contribution in [2.24, 2.45) is 5.92 Å². The van der Waals surface area contributed by atoms with E-state index in [1.807, 2.05) is 0 Å². The minimum absolute atomic E-state index is 0.0299. The van der Waals surface area contributed by atoms with Gasteiger partial charge in [-0.1, -0.05) is 52.0 Å². The summed E-state index contributed by atoms with van der Waals surface area (Å²) in [5, 5.41) is 4.06. The molecule has 11 heteroatoms. The fraction of sp³-hybridized carbons (Fsp3) is 0.500. The Labute approximate surface area is 221 Å². The topological polar surface area (TPSA) is 74.0 Å². The molecule has 37 heavy (non-hydrogen) atoms. The van der Waals surface area contributed by atoms with E-state index >= 15 is 4.39 Å². The molecule has 1 atom stereocenters. The maximum atomic E-state index is 15.0. The van der Waals surface area contributed by atoms with Crippen LogP contribution in [0.2, 0.25) is 0 Å². The van der Waals surface area contributed by atoms with E-state index in [9.17, 15) is 8.78 Å². The third-order valence-corrected chi connectivity index (χ3v) is 6.80. The molecule has 3 aromatic heterocycles. The van der Waals surface area contributed by atoms with Crippen LogP contribution in [-0.4, -0.2) is 43.1 Å². The van der Waals surface area contributed by atoms with E-state index in [-0.39, 0.29) is 17.9 Å². The highest BCUT2D eigenvalue weighted by Gasteiger charge is 2.23. The zero-order valence-electron chi connectivity index (χ0n) is 21.4. The molecule has 2 radical (unpaired) electrons. The lowest BCUT2D eigenvalue weighted by molar-refractivity contribution is 0.127. The summed E-state index contributed by atoms with van der Waals surface area (Å²) in [6.45, 7) is 5.21. The van der Waals surface area contributed by atoms with Gasteiger partial charge in [-0.25, -0.2) is 27.7 Å². The van der Waals surface area contributed by atoms with Crippen LogP contribution in [0.25, 0.3) is 27.7 Å². The molecule has 0 bridgehead atoms. The molecule has 0 aliphatic heterocycles. The molecule has 5 rings (SSSR count). The molecule has 0 saturated heterocycles. The number of imidazole rings is 1. The van der Waals surface area contributed by atoms with Crippen LogP contribution in [0.5, 0.6) is 0 Å². The molecule has 1 saturated carbocycles. The minimum atomic E-state index is -2.54. The monoisotopic (exact) mass is 528 g/mol. The number of nitrogen functional groups attached to an aromatic ring is 1. The standard InChI is InChI=1S/C19H18BF3N6S.C7H14/c1-9-25-12-4-3-10(5-14(12)28(9)8-15(22)23)16-11(21)7-29-17(16)13(6-19(2,20)30)26-18(24)27-29;1-7-5-3-2-4-6-7/h3-5,7,15,30H,6,8H2,1-2H3,(H2,24,27);7H,2-6H2,1H3. The van der Waals surface area contributed by atoms with Crippen molar-refractivity contribution in [2.45, 2.75) is 76.9 Å². The molecule has 196 valence electrons. The van der Waals surface area contributed by atoms with Crippen LogP contribution in [0.1, 0.15) is 57.5 Å². The first-order chi connectivity index (χ1) is 17.4. The summed E-state index contributed by atoms with van der Waals surface area (Å²) in [7, 11) is 6.02. The maximum absolute atomic E-state index is 15.0. The summed E-state index contributed by atoms with van der Waals surface area (Å²) in [6, 6.07) is 4.99. The van der Waals surface area contributed by atoms with E-state index < -0.39 is 23.4 Å². The second kappa shape index (κ2) is 11.0. The number of nitrogens with two attached hydrogens (primary N) is 1. The summed E-state index contributed by atoms with van der Waals surface area (Å²) in [5.74, 6) is 0.909. The normalized spacial score (nSPS) is 16.2. The summed E-state index contributed by atoms with van der Waals surface area (Å²) in [4.78, 5) is 8.56. The Hall–Kier alpha value is -2.69. The van der Waals surface area contributed by atoms with E-state index in [2.05, 4.69) is 34.6 Å². The van der Waals surface area contributed by atoms with E-state index in [0.717, 1.165) is 5.92 Å². The van der Waals surface area contributed by atoms with Crippen molar-refractivity contribution in [3.05, 3.63) is 41.7 Å². The summed E-state index contributed by atoms with van der Waals surface area (Å²) >= 11 is 4.34. The predicted molar refractivity (Wildman–Crippen MR) is 146 cm³/mol. The molecule has 0 spiro atoms. The molecule has 1 aromatic carbocycles. The van der Waals surface area contributed by atoms with Gasteiger partial charge in [-0.2, -0.15) is 12.6 Å². The van der Waals surface area contributed by atoms with E-state index in [1.165, 1.54) is 47.4 Å². The maximum Gasteiger partial charge on any atom is 0.256 e. The first kappa shape index (κ1) is 27.4. The third kappa shape index (κ3) is 6.42. The van der Waals surface area contributed by atoms with Gasteiger partial charge in [0.1, 0.15) is 5.82 Å². The van der Waals surface area contributed by atoms with Crippen molar-refractivity contribution < 1.29 is 13.2 Å². The molecule has 1 aliphatic rings. The molecule has 3 heterocycles. The average molecular weight is 528 g/mol. The zero-order chi connectivity index (χ0) is 26.9. The molecule has 1 fully saturated rings. The van der Waals surface area contributed by atoms with Gasteiger partial charge in [0.05, 0.1) is 42.8 Å². The highest BCUT2D eigenvalue weighted by Crippen LogP contribution is 2.34. The SMILES string of the molecule is CC1CCCCC1.[B]C(C)(S)Cc1nc(N)nn2cc(F)c(-c3ccc4nc(C)n(CC(F)F)c4c3)c12. The van der Waals surface area contributed by atoms with Crippen LogP contribution in [-0.2, 0) is 13.0 Å². The van der Waals surface area contributed by atoms with Gasteiger partial charge in [0.25, 0.3) is 6.43 Å². The lowest BCUT2D eigenvalue weighted by Gasteiger charge is -2.18. The van der Waals surface area contributed by atoms with Crippen molar-refractivity contribution in [2.75, 3.05) is 5.73 Å². The van der Waals surface area contributed by atoms with Gasteiger partial charge in [-0.3, -0.25) is 0 Å². The van der Waals surface area contributed by atoms with Crippen LogP contribution < -0.4 is 5.73 Å². The predicted octanol–water partition coefficient (Wildman–Crippen LogP) is 5.98. The number of alkyl halides is 2. The third-order valence-electron chi connectivity index (χ3n) is 6.64. The van der Waals surface area contributed by atoms with Crippen LogP contribution in [0.4, 0.5) is 19.1 Å². The lowest BCUT2D eigenvalue weighted by atomic mass is 9.83. The van der Waals surface area contributed by atoms with E-state index in [4.69, 9.17) is 13.6 Å². The second-order valence-corrected chi connectivity index (χ2v) is 11.2. The molecular weight excluding hydrogens is 496 g/mol. The average Bonchev–Trinajstić information content (AvgIpc) is 3.28. The Kier molecular flexibility index (Phi) is 8.11. The fourth-order valence-corrected chi connectivity index (χ4v) is 5.10. The highest BCUT2D eigenvalue weighted by molar-refractivity contribution is 7.83. The number of halogens is 3. The lowest BCUT2D eigenvalue weighted by Crippen LogP contribution is -2.22.